The first-order valence-corrected chi connectivity index (χ1v) is 7.39. The number of aromatic nitrogens is 1. The molecule has 1 aromatic rings. The molecule has 0 unspecified atom stereocenters. The largest absolute Gasteiger partial charge is 0.295 e. The summed E-state index contributed by atoms with van der Waals surface area (Å²) in [6, 6.07) is 3.42. The lowest BCUT2D eigenvalue weighted by molar-refractivity contribution is 0.0941. The van der Waals surface area contributed by atoms with Gasteiger partial charge in [0.15, 0.2) is 5.78 Å². The van der Waals surface area contributed by atoms with Gasteiger partial charge in [0.05, 0.1) is 6.54 Å². The van der Waals surface area contributed by atoms with E-state index in [-0.39, 0.29) is 5.78 Å². The minimum atomic E-state index is 0.135. The zero-order chi connectivity index (χ0) is 13.8. The molecule has 0 radical (unpaired) electrons. The molecule has 19 heavy (non-hydrogen) atoms. The number of hydrogen-bond donors (Lipinski definition) is 0. The van der Waals surface area contributed by atoms with Crippen molar-refractivity contribution in [2.45, 2.75) is 26.7 Å². The number of carbonyl (C=O) groups is 1. The molecule has 1 fully saturated rings. The standard InChI is InChI=1S/C15H21ClN2O/c1-3-11-8-18(9-12(11)4-2)10-14(19)13-5-6-15(16)17-7-13/h5-7,11-12H,3-4,8-10H2,1-2H3/t11-,12+. The Hall–Kier alpha value is -0.930. The van der Waals surface area contributed by atoms with Crippen LogP contribution in [-0.2, 0) is 0 Å². The number of likely N-dealkylation sites (tertiary alicyclic amines) is 1. The molecule has 1 aromatic heterocycles. The minimum absolute atomic E-state index is 0.135. The van der Waals surface area contributed by atoms with E-state index in [9.17, 15) is 4.79 Å². The van der Waals surface area contributed by atoms with Gasteiger partial charge in [0, 0.05) is 24.8 Å². The van der Waals surface area contributed by atoms with Crippen molar-refractivity contribution in [1.82, 2.24) is 9.88 Å². The quantitative estimate of drug-likeness (QED) is 0.613. The summed E-state index contributed by atoms with van der Waals surface area (Å²) in [5, 5.41) is 0.426. The van der Waals surface area contributed by atoms with Crippen molar-refractivity contribution in [1.29, 1.82) is 0 Å². The van der Waals surface area contributed by atoms with Crippen LogP contribution in [0.5, 0.6) is 0 Å². The van der Waals surface area contributed by atoms with Crippen molar-refractivity contribution in [2.24, 2.45) is 11.8 Å². The molecule has 0 aromatic carbocycles. The molecular formula is C15H21ClN2O. The molecule has 0 amide bonds. The molecule has 1 saturated heterocycles. The van der Waals surface area contributed by atoms with Crippen molar-refractivity contribution in [3.05, 3.63) is 29.0 Å². The fourth-order valence-corrected chi connectivity index (χ4v) is 3.04. The van der Waals surface area contributed by atoms with E-state index in [1.54, 1.807) is 18.3 Å². The van der Waals surface area contributed by atoms with Gasteiger partial charge in [-0.05, 0) is 24.0 Å². The molecule has 0 spiro atoms. The van der Waals surface area contributed by atoms with Gasteiger partial charge in [-0.3, -0.25) is 9.69 Å². The zero-order valence-corrected chi connectivity index (χ0v) is 12.4. The maximum atomic E-state index is 12.2. The summed E-state index contributed by atoms with van der Waals surface area (Å²) in [4.78, 5) is 18.4. The molecule has 0 aliphatic carbocycles. The second kappa shape index (κ2) is 6.49. The van der Waals surface area contributed by atoms with Crippen LogP contribution in [-0.4, -0.2) is 35.3 Å². The van der Waals surface area contributed by atoms with Crippen LogP contribution in [0.1, 0.15) is 37.0 Å². The minimum Gasteiger partial charge on any atom is -0.295 e. The summed E-state index contributed by atoms with van der Waals surface area (Å²) in [7, 11) is 0. The first kappa shape index (κ1) is 14.5. The summed E-state index contributed by atoms with van der Waals surface area (Å²) in [5.74, 6) is 1.61. The summed E-state index contributed by atoms with van der Waals surface area (Å²) in [6.07, 6.45) is 3.97. The van der Waals surface area contributed by atoms with Gasteiger partial charge in [0.25, 0.3) is 0 Å². The van der Waals surface area contributed by atoms with Crippen LogP contribution in [0, 0.1) is 11.8 Å². The first-order valence-electron chi connectivity index (χ1n) is 7.01. The molecular weight excluding hydrogens is 260 g/mol. The lowest BCUT2D eigenvalue weighted by atomic mass is 9.92. The maximum Gasteiger partial charge on any atom is 0.178 e. The Labute approximate surface area is 120 Å². The normalized spacial score (nSPS) is 23.7. The Bertz CT molecular complexity index is 420. The van der Waals surface area contributed by atoms with Gasteiger partial charge in [-0.1, -0.05) is 38.3 Å². The van der Waals surface area contributed by atoms with Crippen LogP contribution in [0.25, 0.3) is 0 Å². The Morgan fingerprint density at radius 3 is 2.42 bits per heavy atom. The molecule has 3 nitrogen and oxygen atoms in total. The van der Waals surface area contributed by atoms with E-state index >= 15 is 0 Å². The molecule has 104 valence electrons. The summed E-state index contributed by atoms with van der Waals surface area (Å²) in [5.41, 5.74) is 0.650. The van der Waals surface area contributed by atoms with Gasteiger partial charge in [0.2, 0.25) is 0 Å². The van der Waals surface area contributed by atoms with Crippen LogP contribution < -0.4 is 0 Å². The Morgan fingerprint density at radius 1 is 1.32 bits per heavy atom. The molecule has 1 aliphatic heterocycles. The number of nitrogens with zero attached hydrogens (tertiary/aromatic N) is 2. The van der Waals surface area contributed by atoms with Crippen LogP contribution in [0.4, 0.5) is 0 Å². The molecule has 0 bridgehead atoms. The van der Waals surface area contributed by atoms with Crippen molar-refractivity contribution in [3.8, 4) is 0 Å². The van der Waals surface area contributed by atoms with E-state index in [0.717, 1.165) is 24.9 Å². The highest BCUT2D eigenvalue weighted by molar-refractivity contribution is 6.29. The number of pyridine rings is 1. The van der Waals surface area contributed by atoms with E-state index in [1.807, 2.05) is 0 Å². The fourth-order valence-electron chi connectivity index (χ4n) is 2.93. The number of rotatable bonds is 5. The first-order chi connectivity index (χ1) is 9.13. The smallest absolute Gasteiger partial charge is 0.178 e. The van der Waals surface area contributed by atoms with Crippen molar-refractivity contribution in [2.75, 3.05) is 19.6 Å². The molecule has 2 heterocycles. The van der Waals surface area contributed by atoms with Crippen molar-refractivity contribution >= 4 is 17.4 Å². The van der Waals surface area contributed by atoms with Crippen molar-refractivity contribution < 1.29 is 4.79 Å². The topological polar surface area (TPSA) is 33.2 Å². The molecule has 2 rings (SSSR count). The van der Waals surface area contributed by atoms with E-state index in [0.29, 0.717) is 17.3 Å². The Kier molecular flexibility index (Phi) is 4.94. The van der Waals surface area contributed by atoms with Gasteiger partial charge >= 0.3 is 0 Å². The number of Topliss-reactive ketones (excluding diaryl/α,β-unsaturated/α-hetero) is 1. The highest BCUT2D eigenvalue weighted by atomic mass is 35.5. The summed E-state index contributed by atoms with van der Waals surface area (Å²) >= 11 is 5.73. The van der Waals surface area contributed by atoms with E-state index in [2.05, 4.69) is 23.7 Å². The second-order valence-electron chi connectivity index (χ2n) is 5.32. The summed E-state index contributed by atoms with van der Waals surface area (Å²) in [6.45, 7) is 7.06. The Balaban J connectivity index is 1.95. The lowest BCUT2D eigenvalue weighted by Gasteiger charge is -2.14. The average molecular weight is 281 g/mol. The van der Waals surface area contributed by atoms with Gasteiger partial charge in [-0.15, -0.1) is 0 Å². The van der Waals surface area contributed by atoms with Gasteiger partial charge in [-0.25, -0.2) is 4.98 Å². The molecule has 2 atom stereocenters. The van der Waals surface area contributed by atoms with Gasteiger partial charge < -0.3 is 0 Å². The third-order valence-corrected chi connectivity index (χ3v) is 4.34. The van der Waals surface area contributed by atoms with Crippen LogP contribution in [0.3, 0.4) is 0 Å². The van der Waals surface area contributed by atoms with Crippen LogP contribution >= 0.6 is 11.6 Å². The molecule has 4 heteroatoms. The number of ketones is 1. The third kappa shape index (κ3) is 3.54. The van der Waals surface area contributed by atoms with Crippen molar-refractivity contribution in [3.63, 3.8) is 0 Å². The predicted molar refractivity (Wildman–Crippen MR) is 77.6 cm³/mol. The van der Waals surface area contributed by atoms with Crippen LogP contribution in [0.15, 0.2) is 18.3 Å². The molecule has 0 saturated carbocycles. The van der Waals surface area contributed by atoms with E-state index in [4.69, 9.17) is 11.6 Å². The number of hydrogen-bond acceptors (Lipinski definition) is 3. The summed E-state index contributed by atoms with van der Waals surface area (Å²) < 4.78 is 0. The third-order valence-electron chi connectivity index (χ3n) is 4.12. The highest BCUT2D eigenvalue weighted by Crippen LogP contribution is 2.28. The Morgan fingerprint density at radius 2 is 1.95 bits per heavy atom. The zero-order valence-electron chi connectivity index (χ0n) is 11.6. The number of carbonyl (C=O) groups excluding carboxylic acids is 1. The van der Waals surface area contributed by atoms with E-state index < -0.39 is 0 Å². The monoisotopic (exact) mass is 280 g/mol. The highest BCUT2D eigenvalue weighted by Gasteiger charge is 2.31. The van der Waals surface area contributed by atoms with Gasteiger partial charge in [0.1, 0.15) is 5.15 Å². The predicted octanol–water partition coefficient (Wildman–Crippen LogP) is 3.29. The molecule has 1 aliphatic rings. The lowest BCUT2D eigenvalue weighted by Crippen LogP contribution is -2.28. The second-order valence-corrected chi connectivity index (χ2v) is 5.71. The average Bonchev–Trinajstić information content (AvgIpc) is 2.81. The molecule has 0 N–H and O–H groups in total. The fraction of sp³-hybridized carbons (Fsp3) is 0.600. The van der Waals surface area contributed by atoms with Crippen LogP contribution in [0.2, 0.25) is 5.15 Å². The van der Waals surface area contributed by atoms with E-state index in [1.165, 1.54) is 12.8 Å². The SMILES string of the molecule is CC[C@@H]1CN(CC(=O)c2ccc(Cl)nc2)C[C@@H]1CC. The van der Waals surface area contributed by atoms with Gasteiger partial charge in [-0.2, -0.15) is 0 Å². The maximum absolute atomic E-state index is 12.2. The number of halogens is 1.